The molecule has 1 aliphatic carbocycles. The Morgan fingerprint density at radius 3 is 2.69 bits per heavy atom. The largest absolute Gasteiger partial charge is 0.508 e. The molecular weight excluding hydrogens is 612 g/mol. The van der Waals surface area contributed by atoms with Gasteiger partial charge < -0.3 is 24.5 Å². The predicted octanol–water partition coefficient (Wildman–Crippen LogP) is 4.75. The lowest BCUT2D eigenvalue weighted by Crippen LogP contribution is -2.36. The first-order chi connectivity index (χ1) is 18.7. The second-order valence-corrected chi connectivity index (χ2v) is 12.6. The molecule has 8 nitrogen and oxygen atoms in total. The van der Waals surface area contributed by atoms with Crippen molar-refractivity contribution in [2.75, 3.05) is 45.2 Å². The number of hydrogen-bond donors (Lipinski definition) is 1. The van der Waals surface area contributed by atoms with Gasteiger partial charge in [-0.15, -0.1) is 0 Å². The normalized spacial score (nSPS) is 18.6. The molecule has 0 bridgehead atoms. The van der Waals surface area contributed by atoms with Crippen LogP contribution in [0.4, 0.5) is 10.2 Å². The summed E-state index contributed by atoms with van der Waals surface area (Å²) in [5.41, 5.74) is 2.25. The molecule has 206 valence electrons. The number of aromatic nitrogens is 2. The SMILES string of the molecule is CN(C)CC1(COc2nc3c(c(N4CCC(F)CC4)n2)CN(C(=O)c2cc(O)cc4cccc(I)c24)C3)CC1. The molecule has 1 amide bonds. The summed E-state index contributed by atoms with van der Waals surface area (Å²) >= 11 is 2.23. The number of fused-ring (bicyclic) bond motifs is 2. The molecule has 2 fully saturated rings. The first-order valence-electron chi connectivity index (χ1n) is 13.5. The number of alkyl halides is 1. The van der Waals surface area contributed by atoms with Crippen LogP contribution in [0, 0.1) is 8.99 Å². The molecule has 39 heavy (non-hydrogen) atoms. The zero-order chi connectivity index (χ0) is 27.3. The highest BCUT2D eigenvalue weighted by atomic mass is 127. The van der Waals surface area contributed by atoms with Gasteiger partial charge in [0.05, 0.1) is 31.0 Å². The number of ether oxygens (including phenoxy) is 1. The lowest BCUT2D eigenvalue weighted by Gasteiger charge is -2.31. The Labute approximate surface area is 241 Å². The van der Waals surface area contributed by atoms with Crippen LogP contribution in [0.2, 0.25) is 0 Å². The lowest BCUT2D eigenvalue weighted by atomic mass is 10.0. The van der Waals surface area contributed by atoms with Crippen molar-refractivity contribution in [3.63, 3.8) is 0 Å². The Morgan fingerprint density at radius 1 is 1.21 bits per heavy atom. The number of carbonyl (C=O) groups is 1. The highest BCUT2D eigenvalue weighted by Gasteiger charge is 2.44. The van der Waals surface area contributed by atoms with E-state index in [1.54, 1.807) is 17.0 Å². The lowest BCUT2D eigenvalue weighted by molar-refractivity contribution is 0.0752. The Bertz CT molecular complexity index is 1420. The third kappa shape index (κ3) is 5.37. The summed E-state index contributed by atoms with van der Waals surface area (Å²) < 4.78 is 21.1. The molecule has 2 aromatic carbocycles. The number of carbonyl (C=O) groups excluding carboxylic acids is 1. The molecule has 6 rings (SSSR count). The van der Waals surface area contributed by atoms with Crippen LogP contribution in [0.1, 0.15) is 47.3 Å². The third-order valence-corrected chi connectivity index (χ3v) is 8.91. The maximum atomic E-state index is 14.0. The highest BCUT2D eigenvalue weighted by Crippen LogP contribution is 2.46. The Hall–Kier alpha value is -2.73. The molecule has 1 saturated carbocycles. The van der Waals surface area contributed by atoms with Crippen molar-refractivity contribution in [1.82, 2.24) is 19.8 Å². The highest BCUT2D eigenvalue weighted by molar-refractivity contribution is 14.1. The van der Waals surface area contributed by atoms with Crippen molar-refractivity contribution in [3.8, 4) is 11.8 Å². The molecule has 0 radical (unpaired) electrons. The van der Waals surface area contributed by atoms with Gasteiger partial charge in [-0.2, -0.15) is 9.97 Å². The van der Waals surface area contributed by atoms with E-state index in [0.717, 1.165) is 50.8 Å². The Balaban J connectivity index is 1.31. The molecule has 3 aromatic rings. The molecule has 3 heterocycles. The molecule has 1 aromatic heterocycles. The zero-order valence-electron chi connectivity index (χ0n) is 22.3. The Morgan fingerprint density at radius 2 is 1.97 bits per heavy atom. The minimum absolute atomic E-state index is 0.0570. The van der Waals surface area contributed by atoms with Gasteiger partial charge in [0.1, 0.15) is 17.7 Å². The fourth-order valence-corrected chi connectivity index (χ4v) is 6.67. The number of benzene rings is 2. The second-order valence-electron chi connectivity index (χ2n) is 11.4. The van der Waals surface area contributed by atoms with E-state index in [2.05, 4.69) is 46.5 Å². The third-order valence-electron chi connectivity index (χ3n) is 8.01. The van der Waals surface area contributed by atoms with Crippen molar-refractivity contribution in [3.05, 3.63) is 50.7 Å². The number of piperidine rings is 1. The summed E-state index contributed by atoms with van der Waals surface area (Å²) in [6.45, 7) is 3.31. The average molecular weight is 646 g/mol. The smallest absolute Gasteiger partial charge is 0.318 e. The van der Waals surface area contributed by atoms with Crippen LogP contribution >= 0.6 is 22.6 Å². The minimum Gasteiger partial charge on any atom is -0.508 e. The second kappa shape index (κ2) is 10.3. The number of hydrogen-bond acceptors (Lipinski definition) is 7. The summed E-state index contributed by atoms with van der Waals surface area (Å²) in [5, 5.41) is 12.0. The van der Waals surface area contributed by atoms with Crippen molar-refractivity contribution in [1.29, 1.82) is 0 Å². The summed E-state index contributed by atoms with van der Waals surface area (Å²) in [5.74, 6) is 0.628. The maximum Gasteiger partial charge on any atom is 0.318 e. The van der Waals surface area contributed by atoms with Crippen LogP contribution in [0.5, 0.6) is 11.8 Å². The maximum absolute atomic E-state index is 14.0. The van der Waals surface area contributed by atoms with Crippen molar-refractivity contribution >= 4 is 45.1 Å². The van der Waals surface area contributed by atoms with Gasteiger partial charge in [-0.1, -0.05) is 12.1 Å². The molecule has 0 unspecified atom stereocenters. The van der Waals surface area contributed by atoms with Gasteiger partial charge in [-0.05, 0) is 86.0 Å². The van der Waals surface area contributed by atoms with Crippen LogP contribution in [-0.4, -0.2) is 77.3 Å². The average Bonchev–Trinajstić information content (AvgIpc) is 3.52. The first kappa shape index (κ1) is 26.5. The molecule has 0 atom stereocenters. The van der Waals surface area contributed by atoms with E-state index in [1.807, 2.05) is 18.2 Å². The quantitative estimate of drug-likeness (QED) is 0.372. The molecule has 0 spiro atoms. The topological polar surface area (TPSA) is 82.0 Å². The number of nitrogens with zero attached hydrogens (tertiary/aromatic N) is 5. The van der Waals surface area contributed by atoms with Gasteiger partial charge in [0.25, 0.3) is 5.91 Å². The van der Waals surface area contributed by atoms with Crippen molar-refractivity contribution in [2.24, 2.45) is 5.41 Å². The van der Waals surface area contributed by atoms with E-state index in [4.69, 9.17) is 14.7 Å². The molecule has 10 heteroatoms. The number of phenols is 1. The van der Waals surface area contributed by atoms with Gasteiger partial charge in [0.15, 0.2) is 0 Å². The number of aromatic hydroxyl groups is 1. The summed E-state index contributed by atoms with van der Waals surface area (Å²) in [4.78, 5) is 29.5. The van der Waals surface area contributed by atoms with Gasteiger partial charge in [0.2, 0.25) is 0 Å². The number of rotatable bonds is 7. The van der Waals surface area contributed by atoms with E-state index >= 15 is 0 Å². The van der Waals surface area contributed by atoms with Crippen LogP contribution < -0.4 is 9.64 Å². The predicted molar refractivity (Wildman–Crippen MR) is 156 cm³/mol. The zero-order valence-corrected chi connectivity index (χ0v) is 24.4. The van der Waals surface area contributed by atoms with E-state index in [1.165, 1.54) is 0 Å². The van der Waals surface area contributed by atoms with Crippen LogP contribution in [-0.2, 0) is 13.1 Å². The van der Waals surface area contributed by atoms with Crippen LogP contribution in [0.25, 0.3) is 10.8 Å². The summed E-state index contributed by atoms with van der Waals surface area (Å²) in [6.07, 6.45) is 2.35. The molecule has 2 aliphatic heterocycles. The van der Waals surface area contributed by atoms with Gasteiger partial charge in [-0.3, -0.25) is 4.79 Å². The standard InChI is InChI=1S/C29H33FIN5O3/c1-34(2)16-29(8-9-29)17-39-28-32-24-15-36(14-22(24)26(33-28)35-10-6-19(30)7-11-35)27(38)21-13-20(37)12-18-4-3-5-23(31)25(18)21/h3-5,12-13,19,37H,6-11,14-17H2,1-2H3. The summed E-state index contributed by atoms with van der Waals surface area (Å²) in [7, 11) is 4.14. The molecule has 3 aliphatic rings. The van der Waals surface area contributed by atoms with Crippen molar-refractivity contribution < 1.29 is 19.0 Å². The fourth-order valence-electron chi connectivity index (χ4n) is 5.86. The Kier molecular flexibility index (Phi) is 7.03. The number of amides is 1. The number of anilines is 1. The number of phenolic OH excluding ortho intramolecular Hbond substituents is 1. The molecular formula is C29H33FIN5O3. The number of halogens is 2. The molecule has 1 saturated heterocycles. The molecule has 1 N–H and O–H groups in total. The van der Waals surface area contributed by atoms with E-state index < -0.39 is 6.17 Å². The minimum atomic E-state index is -0.799. The summed E-state index contributed by atoms with van der Waals surface area (Å²) in [6, 6.07) is 9.32. The van der Waals surface area contributed by atoms with Crippen molar-refractivity contribution in [2.45, 2.75) is 44.9 Å². The van der Waals surface area contributed by atoms with Gasteiger partial charge >= 0.3 is 6.01 Å². The van der Waals surface area contributed by atoms with Crippen LogP contribution in [0.15, 0.2) is 30.3 Å². The van der Waals surface area contributed by atoms with Gasteiger partial charge in [-0.25, -0.2) is 4.39 Å². The van der Waals surface area contributed by atoms with E-state index in [9.17, 15) is 14.3 Å². The monoisotopic (exact) mass is 645 g/mol. The fraction of sp³-hybridized carbons (Fsp3) is 0.483. The first-order valence-corrected chi connectivity index (χ1v) is 14.6. The van der Waals surface area contributed by atoms with E-state index in [-0.39, 0.29) is 17.1 Å². The van der Waals surface area contributed by atoms with Crippen LogP contribution in [0.3, 0.4) is 0 Å². The van der Waals surface area contributed by atoms with E-state index in [0.29, 0.717) is 57.2 Å². The van der Waals surface area contributed by atoms with Gasteiger partial charge in [0, 0.05) is 39.6 Å².